The molecule has 56 valence electrons. The number of aliphatic hydroxyl groups is 1. The van der Waals surface area contributed by atoms with Gasteiger partial charge in [0, 0.05) is 7.11 Å². The van der Waals surface area contributed by atoms with Gasteiger partial charge in [0.2, 0.25) is 0 Å². The Morgan fingerprint density at radius 2 is 1.67 bits per heavy atom. The lowest BCUT2D eigenvalue weighted by atomic mass is 10.3. The summed E-state index contributed by atoms with van der Waals surface area (Å²) in [4.78, 5) is 0. The first-order valence-corrected chi connectivity index (χ1v) is 2.29. The Labute approximate surface area is 53.7 Å². The number of hydrogen-bond acceptors (Lipinski definition) is 5. The minimum atomic E-state index is -2.17. The van der Waals surface area contributed by atoms with Crippen molar-refractivity contribution in [3.05, 3.63) is 0 Å². The zero-order valence-corrected chi connectivity index (χ0v) is 5.19. The summed E-state index contributed by atoms with van der Waals surface area (Å²) in [5.41, 5.74) is 0. The number of hydrogen-bond donors (Lipinski definition) is 4. The predicted octanol–water partition coefficient (Wildman–Crippen LogP) is -2.43. The molecule has 0 fully saturated rings. The number of rotatable bonds is 2. The summed E-state index contributed by atoms with van der Waals surface area (Å²) < 4.78 is 4.44. The van der Waals surface area contributed by atoms with Crippen LogP contribution in [0.1, 0.15) is 0 Å². The van der Waals surface area contributed by atoms with Crippen molar-refractivity contribution in [2.75, 3.05) is 20.3 Å². The van der Waals surface area contributed by atoms with Gasteiger partial charge in [0.25, 0.3) is 0 Å². The average molecular weight is 138 g/mol. The molecule has 0 atom stereocenters. The molecule has 5 nitrogen and oxygen atoms in total. The summed E-state index contributed by atoms with van der Waals surface area (Å²) in [6.45, 7) is 0.566. The second-order valence-electron chi connectivity index (χ2n) is 1.06. The van der Waals surface area contributed by atoms with Crippen LogP contribution in [0.15, 0.2) is 0 Å². The fourth-order valence-electron chi connectivity index (χ4n) is 0.0913. The molecule has 0 aliphatic rings. The van der Waals surface area contributed by atoms with Gasteiger partial charge < -0.3 is 24.9 Å². The summed E-state index contributed by atoms with van der Waals surface area (Å²) in [5.74, 6) is 0. The van der Waals surface area contributed by atoms with Crippen LogP contribution in [-0.4, -0.2) is 47.8 Å². The number of ether oxygens (including phenoxy) is 1. The summed E-state index contributed by atoms with van der Waals surface area (Å²) in [5, 5.41) is 29.4. The summed E-state index contributed by atoms with van der Waals surface area (Å²) in [6.07, 6.45) is 0. The molecule has 0 saturated heterocycles. The largest absolute Gasteiger partial charge is 0.631 e. The second kappa shape index (κ2) is 10.8. The third-order valence-corrected chi connectivity index (χ3v) is 0.295. The van der Waals surface area contributed by atoms with Crippen molar-refractivity contribution in [3.8, 4) is 0 Å². The van der Waals surface area contributed by atoms with Crippen molar-refractivity contribution >= 4 is 7.32 Å². The maximum atomic E-state index is 7.94. The molecule has 0 amide bonds. The van der Waals surface area contributed by atoms with Crippen molar-refractivity contribution in [2.24, 2.45) is 0 Å². The van der Waals surface area contributed by atoms with Crippen LogP contribution in [0.25, 0.3) is 0 Å². The number of methoxy groups -OCH3 is 1. The molecule has 0 aromatic carbocycles. The molecule has 4 N–H and O–H groups in total. The molecule has 0 unspecified atom stereocenters. The molecular formula is C3H11BO5. The van der Waals surface area contributed by atoms with E-state index in [9.17, 15) is 0 Å². The van der Waals surface area contributed by atoms with Crippen LogP contribution in [0.5, 0.6) is 0 Å². The van der Waals surface area contributed by atoms with Crippen molar-refractivity contribution in [3.63, 3.8) is 0 Å². The Morgan fingerprint density at radius 3 is 1.67 bits per heavy atom. The lowest BCUT2D eigenvalue weighted by Crippen LogP contribution is -2.07. The third kappa shape index (κ3) is 77.8. The van der Waals surface area contributed by atoms with Crippen LogP contribution in [0.4, 0.5) is 0 Å². The van der Waals surface area contributed by atoms with E-state index in [2.05, 4.69) is 4.74 Å². The Bertz CT molecular complexity index is 36.4. The van der Waals surface area contributed by atoms with Gasteiger partial charge in [0.1, 0.15) is 0 Å². The highest BCUT2D eigenvalue weighted by atomic mass is 16.5. The molecule has 0 heterocycles. The fourth-order valence-corrected chi connectivity index (χ4v) is 0.0913. The quantitative estimate of drug-likeness (QED) is 0.318. The molecule has 0 spiro atoms. The Kier molecular flexibility index (Phi) is 13.9. The first-order valence-electron chi connectivity index (χ1n) is 2.29. The monoisotopic (exact) mass is 138 g/mol. The lowest BCUT2D eigenvalue weighted by molar-refractivity contribution is 0.135. The highest BCUT2D eigenvalue weighted by Gasteiger charge is 1.92. The van der Waals surface area contributed by atoms with E-state index < -0.39 is 7.32 Å². The lowest BCUT2D eigenvalue weighted by Gasteiger charge is -1.84. The zero-order chi connectivity index (χ0) is 7.70. The van der Waals surface area contributed by atoms with E-state index in [0.29, 0.717) is 6.61 Å². The molecule has 0 aliphatic heterocycles. The van der Waals surface area contributed by atoms with Crippen LogP contribution < -0.4 is 0 Å². The van der Waals surface area contributed by atoms with Crippen LogP contribution in [0.3, 0.4) is 0 Å². The molecule has 9 heavy (non-hydrogen) atoms. The first-order chi connectivity index (χ1) is 4.15. The normalized spacial score (nSPS) is 7.67. The zero-order valence-electron chi connectivity index (χ0n) is 5.19. The van der Waals surface area contributed by atoms with E-state index in [1.165, 1.54) is 0 Å². The van der Waals surface area contributed by atoms with E-state index in [1.807, 2.05) is 0 Å². The molecule has 0 saturated carbocycles. The Hall–Kier alpha value is -0.135. The van der Waals surface area contributed by atoms with Crippen molar-refractivity contribution < 1.29 is 24.9 Å². The van der Waals surface area contributed by atoms with Gasteiger partial charge >= 0.3 is 7.32 Å². The smallest absolute Gasteiger partial charge is 0.402 e. The van der Waals surface area contributed by atoms with E-state index >= 15 is 0 Å². The molecule has 0 aliphatic carbocycles. The van der Waals surface area contributed by atoms with Gasteiger partial charge in [-0.15, -0.1) is 0 Å². The summed E-state index contributed by atoms with van der Waals surface area (Å²) >= 11 is 0. The van der Waals surface area contributed by atoms with Gasteiger partial charge in [-0.05, 0) is 0 Å². The maximum Gasteiger partial charge on any atom is 0.631 e. The van der Waals surface area contributed by atoms with Crippen LogP contribution in [0.2, 0.25) is 0 Å². The molecule has 0 bridgehead atoms. The minimum absolute atomic E-state index is 0.122. The van der Waals surface area contributed by atoms with E-state index in [1.54, 1.807) is 7.11 Å². The predicted molar refractivity (Wildman–Crippen MR) is 31.4 cm³/mol. The minimum Gasteiger partial charge on any atom is -0.402 e. The van der Waals surface area contributed by atoms with Gasteiger partial charge in [-0.25, -0.2) is 0 Å². The SMILES string of the molecule is COCCO.OB(O)O. The van der Waals surface area contributed by atoms with Gasteiger partial charge in [0.15, 0.2) is 0 Å². The molecular weight excluding hydrogens is 127 g/mol. The van der Waals surface area contributed by atoms with Crippen LogP contribution in [-0.2, 0) is 4.74 Å². The molecule has 6 heteroatoms. The standard InChI is InChI=1S/C3H8O2.BH3O3/c1-5-3-2-4;2-1(3)4/h4H,2-3H2,1H3;2-4H. The van der Waals surface area contributed by atoms with E-state index in [0.717, 1.165) is 0 Å². The fraction of sp³-hybridized carbons (Fsp3) is 1.00. The molecule has 0 aromatic heterocycles. The summed E-state index contributed by atoms with van der Waals surface area (Å²) in [7, 11) is -0.615. The average Bonchev–Trinajstić information content (AvgIpc) is 1.66. The van der Waals surface area contributed by atoms with Crippen molar-refractivity contribution in [1.29, 1.82) is 0 Å². The Balaban J connectivity index is 0. The second-order valence-corrected chi connectivity index (χ2v) is 1.06. The van der Waals surface area contributed by atoms with E-state index in [-0.39, 0.29) is 6.61 Å². The van der Waals surface area contributed by atoms with Gasteiger partial charge in [0.05, 0.1) is 13.2 Å². The third-order valence-electron chi connectivity index (χ3n) is 0.295. The van der Waals surface area contributed by atoms with E-state index in [4.69, 9.17) is 20.2 Å². The van der Waals surface area contributed by atoms with Gasteiger partial charge in [-0.2, -0.15) is 0 Å². The van der Waals surface area contributed by atoms with Crippen molar-refractivity contribution in [1.82, 2.24) is 0 Å². The van der Waals surface area contributed by atoms with Gasteiger partial charge in [-0.1, -0.05) is 0 Å². The molecule has 0 rings (SSSR count). The van der Waals surface area contributed by atoms with Crippen LogP contribution >= 0.6 is 0 Å². The first kappa shape index (κ1) is 11.6. The summed E-state index contributed by atoms with van der Waals surface area (Å²) in [6, 6.07) is 0. The highest BCUT2D eigenvalue weighted by molar-refractivity contribution is 6.30. The molecule has 0 radical (unpaired) electrons. The van der Waals surface area contributed by atoms with Crippen molar-refractivity contribution in [2.45, 2.75) is 0 Å². The topological polar surface area (TPSA) is 90.2 Å². The van der Waals surface area contributed by atoms with Crippen LogP contribution in [0, 0.1) is 0 Å². The maximum absolute atomic E-state index is 7.94. The Morgan fingerprint density at radius 1 is 1.33 bits per heavy atom. The molecule has 0 aromatic rings. The van der Waals surface area contributed by atoms with Gasteiger partial charge in [-0.3, -0.25) is 0 Å². The number of aliphatic hydroxyl groups excluding tert-OH is 1. The highest BCUT2D eigenvalue weighted by Crippen LogP contribution is 1.56.